The molecule has 2 rings (SSSR count). The number of carbonyl (C=O) groups is 3. The van der Waals surface area contributed by atoms with Crippen LogP contribution in [-0.4, -0.2) is 51.7 Å². The van der Waals surface area contributed by atoms with E-state index in [0.29, 0.717) is 5.69 Å². The van der Waals surface area contributed by atoms with Gasteiger partial charge in [0.15, 0.2) is 11.5 Å². The molecule has 0 saturated heterocycles. The average Bonchev–Trinajstić information content (AvgIpc) is 3.02. The van der Waals surface area contributed by atoms with E-state index >= 15 is 0 Å². The van der Waals surface area contributed by atoms with Crippen molar-refractivity contribution in [2.75, 3.05) is 18.5 Å². The van der Waals surface area contributed by atoms with Gasteiger partial charge < -0.3 is 14.8 Å². The Bertz CT molecular complexity index is 883. The molecule has 0 unspecified atom stereocenters. The number of nitrogens with one attached hydrogen (secondary N) is 2. The van der Waals surface area contributed by atoms with Gasteiger partial charge in [0.05, 0.1) is 12.3 Å². The number of hydrogen-bond donors (Lipinski definition) is 2. The van der Waals surface area contributed by atoms with Crippen LogP contribution in [0.3, 0.4) is 0 Å². The molecule has 0 bridgehead atoms. The van der Waals surface area contributed by atoms with Crippen LogP contribution in [0.2, 0.25) is 0 Å². The number of amides is 2. The maximum atomic E-state index is 12.8. The summed E-state index contributed by atoms with van der Waals surface area (Å²) in [4.78, 5) is 36.4. The van der Waals surface area contributed by atoms with Crippen molar-refractivity contribution in [1.82, 2.24) is 20.3 Å². The second-order valence-electron chi connectivity index (χ2n) is 7.15. The number of carbonyl (C=O) groups excluding carboxylic acids is 3. The number of ether oxygens (including phenoxy) is 2. The summed E-state index contributed by atoms with van der Waals surface area (Å²) in [6.07, 6.45) is -0.784. The predicted molar refractivity (Wildman–Crippen MR) is 105 cm³/mol. The summed E-state index contributed by atoms with van der Waals surface area (Å²) in [5.41, 5.74) is 0.795. The molecule has 156 valence electrons. The molecule has 1 heterocycles. The van der Waals surface area contributed by atoms with Crippen molar-refractivity contribution in [2.45, 2.75) is 40.2 Å². The van der Waals surface area contributed by atoms with Crippen LogP contribution in [-0.2, 0) is 14.3 Å². The molecule has 1 aromatic carbocycles. The van der Waals surface area contributed by atoms with Gasteiger partial charge in [-0.05, 0) is 46.8 Å². The quantitative estimate of drug-likeness (QED) is 0.709. The third-order valence-electron chi connectivity index (χ3n) is 3.48. The van der Waals surface area contributed by atoms with Gasteiger partial charge in [-0.15, -0.1) is 5.10 Å². The zero-order chi connectivity index (χ0) is 21.6. The van der Waals surface area contributed by atoms with Gasteiger partial charge in [0.25, 0.3) is 5.91 Å². The fourth-order valence-corrected chi connectivity index (χ4v) is 2.28. The molecule has 0 aliphatic carbocycles. The standard InChI is InChI=1S/C19H25N5O5/c1-6-28-14(25)11-20-17(26)15-16(21-18(27)29-19(3,4)5)22-23-24(15)13-9-7-12(2)8-10-13/h7-10H,6,11H2,1-5H3,(H,20,26)(H,21,27). The molecule has 10 heteroatoms. The lowest BCUT2D eigenvalue weighted by Crippen LogP contribution is -2.33. The molecule has 0 aliphatic rings. The Kier molecular flexibility index (Phi) is 6.92. The molecule has 0 spiro atoms. The molecular weight excluding hydrogens is 378 g/mol. The third-order valence-corrected chi connectivity index (χ3v) is 3.48. The predicted octanol–water partition coefficient (Wildman–Crippen LogP) is 2.22. The monoisotopic (exact) mass is 403 g/mol. The smallest absolute Gasteiger partial charge is 0.413 e. The Labute approximate surface area is 168 Å². The number of esters is 1. The van der Waals surface area contributed by atoms with Crippen molar-refractivity contribution >= 4 is 23.8 Å². The van der Waals surface area contributed by atoms with E-state index in [-0.39, 0.29) is 24.7 Å². The molecule has 1 aromatic heterocycles. The molecule has 2 amide bonds. The van der Waals surface area contributed by atoms with Gasteiger partial charge in [-0.25, -0.2) is 9.48 Å². The molecule has 0 radical (unpaired) electrons. The van der Waals surface area contributed by atoms with Crippen LogP contribution < -0.4 is 10.6 Å². The van der Waals surface area contributed by atoms with E-state index in [4.69, 9.17) is 9.47 Å². The molecule has 0 atom stereocenters. The van der Waals surface area contributed by atoms with E-state index < -0.39 is 23.6 Å². The van der Waals surface area contributed by atoms with Gasteiger partial charge in [0.1, 0.15) is 12.1 Å². The van der Waals surface area contributed by atoms with Crippen LogP contribution in [0.25, 0.3) is 5.69 Å². The van der Waals surface area contributed by atoms with Gasteiger partial charge in [-0.3, -0.25) is 14.9 Å². The maximum absolute atomic E-state index is 12.8. The van der Waals surface area contributed by atoms with Gasteiger partial charge in [-0.2, -0.15) is 0 Å². The Hall–Kier alpha value is -3.43. The van der Waals surface area contributed by atoms with Gasteiger partial charge >= 0.3 is 12.1 Å². The lowest BCUT2D eigenvalue weighted by Gasteiger charge is -2.19. The lowest BCUT2D eigenvalue weighted by atomic mass is 10.2. The molecular formula is C19H25N5O5. The fraction of sp³-hybridized carbons (Fsp3) is 0.421. The van der Waals surface area contributed by atoms with Crippen molar-refractivity contribution in [1.29, 1.82) is 0 Å². The summed E-state index contributed by atoms with van der Waals surface area (Å²) in [5.74, 6) is -1.34. The summed E-state index contributed by atoms with van der Waals surface area (Å²) in [6, 6.07) is 7.20. The lowest BCUT2D eigenvalue weighted by molar-refractivity contribution is -0.141. The minimum Gasteiger partial charge on any atom is -0.465 e. The highest BCUT2D eigenvalue weighted by Gasteiger charge is 2.25. The third kappa shape index (κ3) is 6.30. The van der Waals surface area contributed by atoms with Crippen LogP contribution in [0.15, 0.2) is 24.3 Å². The average molecular weight is 403 g/mol. The molecule has 29 heavy (non-hydrogen) atoms. The largest absolute Gasteiger partial charge is 0.465 e. The van der Waals surface area contributed by atoms with Crippen molar-refractivity contribution in [2.24, 2.45) is 0 Å². The Balaban J connectivity index is 2.33. The Morgan fingerprint density at radius 1 is 1.14 bits per heavy atom. The van der Waals surface area contributed by atoms with E-state index in [1.54, 1.807) is 39.8 Å². The fourth-order valence-electron chi connectivity index (χ4n) is 2.28. The number of aromatic nitrogens is 3. The normalized spacial score (nSPS) is 10.9. The summed E-state index contributed by atoms with van der Waals surface area (Å²) in [7, 11) is 0. The van der Waals surface area contributed by atoms with Crippen LogP contribution in [0.4, 0.5) is 10.6 Å². The number of rotatable bonds is 6. The van der Waals surface area contributed by atoms with Gasteiger partial charge in [0, 0.05) is 0 Å². The topological polar surface area (TPSA) is 124 Å². The van der Waals surface area contributed by atoms with E-state index in [9.17, 15) is 14.4 Å². The Morgan fingerprint density at radius 3 is 2.38 bits per heavy atom. The summed E-state index contributed by atoms with van der Waals surface area (Å²) < 4.78 is 11.3. The molecule has 0 saturated carbocycles. The first-order chi connectivity index (χ1) is 13.6. The second-order valence-corrected chi connectivity index (χ2v) is 7.15. The van der Waals surface area contributed by atoms with Crippen LogP contribution >= 0.6 is 0 Å². The number of anilines is 1. The zero-order valence-corrected chi connectivity index (χ0v) is 17.1. The molecule has 2 aromatic rings. The van der Waals surface area contributed by atoms with Crippen LogP contribution in [0.1, 0.15) is 43.7 Å². The van der Waals surface area contributed by atoms with E-state index in [0.717, 1.165) is 5.56 Å². The van der Waals surface area contributed by atoms with Crippen molar-refractivity contribution in [3.63, 3.8) is 0 Å². The molecule has 0 aliphatic heterocycles. The first-order valence-electron chi connectivity index (χ1n) is 9.07. The first kappa shape index (κ1) is 21.9. The molecule has 10 nitrogen and oxygen atoms in total. The van der Waals surface area contributed by atoms with Gasteiger partial charge in [0.2, 0.25) is 0 Å². The van der Waals surface area contributed by atoms with Crippen molar-refractivity contribution < 1.29 is 23.9 Å². The maximum Gasteiger partial charge on any atom is 0.413 e. The highest BCUT2D eigenvalue weighted by atomic mass is 16.6. The minimum atomic E-state index is -0.784. The number of benzene rings is 1. The van der Waals surface area contributed by atoms with E-state index in [1.165, 1.54) is 4.68 Å². The van der Waals surface area contributed by atoms with Crippen molar-refractivity contribution in [3.8, 4) is 5.69 Å². The number of aryl methyl sites for hydroxylation is 1. The van der Waals surface area contributed by atoms with E-state index in [1.807, 2.05) is 19.1 Å². The molecule has 0 fully saturated rings. The summed E-state index contributed by atoms with van der Waals surface area (Å²) in [5, 5.41) is 12.7. The van der Waals surface area contributed by atoms with Crippen LogP contribution in [0.5, 0.6) is 0 Å². The Morgan fingerprint density at radius 2 is 1.79 bits per heavy atom. The molecule has 2 N–H and O–H groups in total. The number of hydrogen-bond acceptors (Lipinski definition) is 7. The van der Waals surface area contributed by atoms with E-state index in [2.05, 4.69) is 20.9 Å². The number of nitrogens with zero attached hydrogens (tertiary/aromatic N) is 3. The first-order valence-corrected chi connectivity index (χ1v) is 9.07. The highest BCUT2D eigenvalue weighted by Crippen LogP contribution is 2.19. The highest BCUT2D eigenvalue weighted by molar-refractivity contribution is 6.01. The second kappa shape index (κ2) is 9.18. The SMILES string of the molecule is CCOC(=O)CNC(=O)c1c(NC(=O)OC(C)(C)C)nnn1-c1ccc(C)cc1. The summed E-state index contributed by atoms with van der Waals surface area (Å²) in [6.45, 7) is 8.58. The van der Waals surface area contributed by atoms with Gasteiger partial charge in [-0.1, -0.05) is 22.9 Å². The summed E-state index contributed by atoms with van der Waals surface area (Å²) >= 11 is 0. The van der Waals surface area contributed by atoms with Crippen molar-refractivity contribution in [3.05, 3.63) is 35.5 Å². The minimum absolute atomic E-state index is 0.0518. The van der Waals surface area contributed by atoms with Crippen LogP contribution in [0, 0.1) is 6.92 Å². The zero-order valence-electron chi connectivity index (χ0n) is 17.1.